The molecule has 1 aliphatic rings. The quantitative estimate of drug-likeness (QED) is 0.0160. The van der Waals surface area contributed by atoms with Gasteiger partial charge in [-0.05, 0) is 37.5 Å². The van der Waals surface area contributed by atoms with Crippen LogP contribution in [0.4, 0.5) is 0 Å². The van der Waals surface area contributed by atoms with E-state index in [-0.39, 0.29) is 130 Å². The minimum Gasteiger partial charge on any atom is -0.726 e. The summed E-state index contributed by atoms with van der Waals surface area (Å²) >= 11 is 0. The van der Waals surface area contributed by atoms with Gasteiger partial charge in [0.25, 0.3) is 0 Å². The van der Waals surface area contributed by atoms with E-state index in [1.807, 2.05) is 0 Å². The number of amides is 1. The molecule has 0 radical (unpaired) electrons. The smallest absolute Gasteiger partial charge is 0.726 e. The topological polar surface area (TPSA) is 340 Å². The van der Waals surface area contributed by atoms with E-state index in [2.05, 4.69) is 35.9 Å². The van der Waals surface area contributed by atoms with Crippen LogP contribution in [-0.4, -0.2) is 120 Å². The Labute approximate surface area is 547 Å². The summed E-state index contributed by atoms with van der Waals surface area (Å²) < 4.78 is 176. The van der Waals surface area contributed by atoms with E-state index in [9.17, 15) is 61.5 Å². The molecule has 2 unspecified atom stereocenters. The number of allylic oxidation sites excluding steroid dienone is 1. The first-order valence-electron chi connectivity index (χ1n) is 25.5. The molecule has 0 saturated carbocycles. The first-order chi connectivity index (χ1) is 34.5. The van der Waals surface area contributed by atoms with Crippen molar-refractivity contribution < 1.29 is 211 Å². The Kier molecular flexibility index (Phi) is 49.9. The van der Waals surface area contributed by atoms with E-state index in [4.69, 9.17) is 14.2 Å². The molecule has 0 spiro atoms. The summed E-state index contributed by atoms with van der Waals surface area (Å²) in [5, 5.41) is 2.73. The predicted molar refractivity (Wildman–Crippen MR) is 262 cm³/mol. The summed E-state index contributed by atoms with van der Waals surface area (Å²) in [5.74, 6) is -1.44. The molecular formula is C47H77NNa4O21S4. The van der Waals surface area contributed by atoms with E-state index < -0.39 is 110 Å². The molecule has 1 aromatic rings. The molecule has 1 heterocycles. The van der Waals surface area contributed by atoms with Crippen molar-refractivity contribution in [3.8, 4) is 0 Å². The Morgan fingerprint density at radius 1 is 0.571 bits per heavy atom. The molecule has 0 aliphatic carbocycles. The van der Waals surface area contributed by atoms with Crippen LogP contribution in [0.25, 0.3) is 0 Å². The van der Waals surface area contributed by atoms with Crippen molar-refractivity contribution in [1.29, 1.82) is 0 Å². The molecule has 2 rings (SSSR count). The van der Waals surface area contributed by atoms with Gasteiger partial charge in [0.15, 0.2) is 12.4 Å². The molecule has 424 valence electrons. The van der Waals surface area contributed by atoms with Crippen molar-refractivity contribution in [2.45, 2.75) is 224 Å². The maximum absolute atomic E-state index is 13.7. The summed E-state index contributed by atoms with van der Waals surface area (Å²) in [6, 6.07) is 6.28. The van der Waals surface area contributed by atoms with Crippen molar-refractivity contribution in [3.05, 3.63) is 48.0 Å². The van der Waals surface area contributed by atoms with E-state index in [0.717, 1.165) is 70.6 Å². The second-order valence-corrected chi connectivity index (χ2v) is 22.2. The minimum atomic E-state index is -6.10. The number of nitrogens with one attached hydrogen (secondary N) is 1. The maximum atomic E-state index is 13.7. The molecular weight excluding hydrogens is 1130 g/mol. The normalized spacial score (nSPS) is 18.7. The number of carbonyl (C=O) groups is 2. The number of hydrogen-bond donors (Lipinski definition) is 1. The van der Waals surface area contributed by atoms with E-state index in [1.165, 1.54) is 88.8 Å². The van der Waals surface area contributed by atoms with Gasteiger partial charge < -0.3 is 37.7 Å². The number of unbranched alkanes of at least 4 members (excludes halogenated alkanes) is 23. The maximum Gasteiger partial charge on any atom is 1.00 e. The standard InChI is InChI=1S/C47H81NO21S4.4Na/c1-3-5-7-9-11-13-15-17-19-21-23-25-30-34-40(65-46(50)38-32-28-27-29-33-38)39(48-42(49)35-31-26-24-22-20-18-16-14-12-10-8-6-4-2)36-63-47-45(69-73(60,61)62)44(68-72(57,58)59)43(67-71(54,55)56)41(66-47)37-64-70(51,52)53;;;;/h27-30,32-34,39-41,43-45,47H,3-26,31,35-37H2,1-2H3,(H,48,49)(H,51,52,53)(H,54,55,56)(H,57,58,59)(H,60,61,62);;;;/q;4*+1/p-4/t39?,40?,41-,43+,44+,45-,47+;;;;/m1..../s1. The van der Waals surface area contributed by atoms with Crippen LogP contribution in [0.1, 0.15) is 191 Å². The Morgan fingerprint density at radius 3 is 1.43 bits per heavy atom. The van der Waals surface area contributed by atoms with Gasteiger partial charge in [-0.3, -0.25) is 21.5 Å². The second kappa shape index (κ2) is 46.6. The van der Waals surface area contributed by atoms with Crippen molar-refractivity contribution in [2.24, 2.45) is 0 Å². The SMILES string of the molecule is CCCCCCCCCCCCCC=CC(OC(=O)c1ccccc1)C(CO[C@H]1O[C@H](COS(=O)(=O)[O-])[C@H](OS(=O)(=O)[O-])[C@H](OS(=O)(=O)[O-])[C@H]1OS(=O)(=O)[O-])NC(=O)CCCCCCCCCCCCCCC.[Na+].[Na+].[Na+].[Na+]. The summed E-state index contributed by atoms with van der Waals surface area (Å²) in [7, 11) is -23.9. The molecule has 1 fully saturated rings. The van der Waals surface area contributed by atoms with Gasteiger partial charge in [-0.2, -0.15) is 0 Å². The number of carbonyl (C=O) groups excluding carboxylic acids is 2. The number of hydrogen-bond acceptors (Lipinski definition) is 21. The van der Waals surface area contributed by atoms with Crippen molar-refractivity contribution in [3.63, 3.8) is 0 Å². The molecule has 1 saturated heterocycles. The average Bonchev–Trinajstić information content (AvgIpc) is 3.30. The molecule has 77 heavy (non-hydrogen) atoms. The van der Waals surface area contributed by atoms with Gasteiger partial charge in [-0.25, -0.2) is 38.5 Å². The molecule has 1 N–H and O–H groups in total. The fourth-order valence-corrected chi connectivity index (χ4v) is 9.98. The Hall–Kier alpha value is 1.30. The van der Waals surface area contributed by atoms with Crippen LogP contribution in [0.3, 0.4) is 0 Å². The molecule has 7 atom stereocenters. The Balaban J connectivity index is -0.0000137. The Morgan fingerprint density at radius 2 is 0.987 bits per heavy atom. The van der Waals surface area contributed by atoms with Gasteiger partial charge in [0.2, 0.25) is 47.5 Å². The average molecular weight is 1210 g/mol. The molecule has 0 aromatic heterocycles. The largest absolute Gasteiger partial charge is 1.00 e. The van der Waals surface area contributed by atoms with Crippen LogP contribution in [0.5, 0.6) is 0 Å². The van der Waals surface area contributed by atoms with Crippen molar-refractivity contribution in [1.82, 2.24) is 5.32 Å². The van der Waals surface area contributed by atoms with E-state index in [1.54, 1.807) is 24.3 Å². The molecule has 30 heteroatoms. The van der Waals surface area contributed by atoms with Crippen LogP contribution in [0.15, 0.2) is 42.5 Å². The third-order valence-corrected chi connectivity index (χ3v) is 13.7. The first kappa shape index (κ1) is 82.5. The minimum absolute atomic E-state index is 0. The second-order valence-electron chi connectivity index (χ2n) is 18.1. The number of esters is 1. The van der Waals surface area contributed by atoms with Crippen LogP contribution < -0.4 is 124 Å². The number of ether oxygens (including phenoxy) is 3. The fraction of sp³-hybridized carbons (Fsp3) is 0.787. The first-order valence-corrected chi connectivity index (χ1v) is 30.9. The van der Waals surface area contributed by atoms with E-state index >= 15 is 0 Å². The van der Waals surface area contributed by atoms with Crippen LogP contribution in [0.2, 0.25) is 0 Å². The van der Waals surface area contributed by atoms with Crippen LogP contribution in [0, 0.1) is 0 Å². The number of benzene rings is 1. The molecule has 1 amide bonds. The Bertz CT molecular complexity index is 2190. The van der Waals surface area contributed by atoms with Gasteiger partial charge in [0, 0.05) is 6.42 Å². The summed E-state index contributed by atoms with van der Waals surface area (Å²) in [6.45, 7) is 1.83. The van der Waals surface area contributed by atoms with Crippen molar-refractivity contribution >= 4 is 53.5 Å². The summed E-state index contributed by atoms with van der Waals surface area (Å²) in [5.41, 5.74) is 0.100. The van der Waals surface area contributed by atoms with Gasteiger partial charge >= 0.3 is 124 Å². The van der Waals surface area contributed by atoms with Crippen LogP contribution in [-0.2, 0) is 77.3 Å². The molecule has 0 bridgehead atoms. The zero-order valence-corrected chi connectivity index (χ0v) is 57.4. The van der Waals surface area contributed by atoms with Gasteiger partial charge in [0.1, 0.15) is 24.4 Å². The van der Waals surface area contributed by atoms with Gasteiger partial charge in [-0.15, -0.1) is 0 Å². The number of rotatable bonds is 43. The fourth-order valence-electron chi connectivity index (χ4n) is 8.21. The zero-order valence-electron chi connectivity index (χ0n) is 46.1. The van der Waals surface area contributed by atoms with E-state index in [0.29, 0.717) is 19.3 Å². The molecule has 22 nitrogen and oxygen atoms in total. The third kappa shape index (κ3) is 42.7. The predicted octanol–water partition coefficient (Wildman–Crippen LogP) is -4.79. The van der Waals surface area contributed by atoms with Crippen LogP contribution >= 0.6 is 0 Å². The molecule has 1 aromatic carbocycles. The van der Waals surface area contributed by atoms with Gasteiger partial charge in [0.05, 0.1) is 24.8 Å². The summed E-state index contributed by atoms with van der Waals surface area (Å²) in [4.78, 5) is 27.3. The zero-order chi connectivity index (χ0) is 54.2. The molecule has 1 aliphatic heterocycles. The third-order valence-electron chi connectivity index (χ3n) is 11.9. The monoisotopic (exact) mass is 1210 g/mol. The van der Waals surface area contributed by atoms with Gasteiger partial charge in [-0.1, -0.05) is 179 Å². The van der Waals surface area contributed by atoms with Crippen molar-refractivity contribution in [2.75, 3.05) is 13.2 Å². The summed E-state index contributed by atoms with van der Waals surface area (Å²) in [6.07, 6.45) is 14.2.